The van der Waals surface area contributed by atoms with Crippen LogP contribution < -0.4 is 15.2 Å². The Bertz CT molecular complexity index is 821. The summed E-state index contributed by atoms with van der Waals surface area (Å²) < 4.78 is 32.9. The lowest BCUT2D eigenvalue weighted by Gasteiger charge is -2.16. The summed E-state index contributed by atoms with van der Waals surface area (Å²) in [5, 5.41) is 0. The van der Waals surface area contributed by atoms with Gasteiger partial charge in [0.15, 0.2) is 0 Å². The highest BCUT2D eigenvalue weighted by atomic mass is 35.5. The molecule has 5 nitrogen and oxygen atoms in total. The normalized spacial score (nSPS) is 12.5. The van der Waals surface area contributed by atoms with Gasteiger partial charge in [0, 0.05) is 12.6 Å². The highest BCUT2D eigenvalue weighted by Gasteiger charge is 2.20. The molecule has 0 bridgehead atoms. The molecule has 0 fully saturated rings. The Balaban J connectivity index is 0.00000338. The van der Waals surface area contributed by atoms with Crippen LogP contribution in [-0.2, 0) is 10.0 Å². The molecule has 0 radical (unpaired) electrons. The van der Waals surface area contributed by atoms with Crippen LogP contribution in [0.1, 0.15) is 42.5 Å². The van der Waals surface area contributed by atoms with Crippen LogP contribution in [0.2, 0.25) is 0 Å². The zero-order valence-corrected chi connectivity index (χ0v) is 17.2. The first kappa shape index (κ1) is 22.4. The molecule has 0 saturated heterocycles. The van der Waals surface area contributed by atoms with Gasteiger partial charge < -0.3 is 10.5 Å². The summed E-state index contributed by atoms with van der Waals surface area (Å²) in [4.78, 5) is 0.123. The second-order valence-corrected chi connectivity index (χ2v) is 8.17. The van der Waals surface area contributed by atoms with Crippen molar-refractivity contribution in [1.29, 1.82) is 0 Å². The molecule has 0 spiro atoms. The molecule has 0 aliphatic heterocycles. The molecule has 7 heteroatoms. The molecule has 0 heterocycles. The van der Waals surface area contributed by atoms with Crippen molar-refractivity contribution in [3.63, 3.8) is 0 Å². The largest absolute Gasteiger partial charge is 0.495 e. The maximum atomic E-state index is 12.6. The zero-order chi connectivity index (χ0) is 18.6. The number of nitrogens with one attached hydrogen (secondary N) is 1. The van der Waals surface area contributed by atoms with Gasteiger partial charge in [-0.3, -0.25) is 0 Å². The van der Waals surface area contributed by atoms with E-state index in [2.05, 4.69) is 18.6 Å². The van der Waals surface area contributed by atoms with E-state index >= 15 is 0 Å². The Morgan fingerprint density at radius 3 is 2.19 bits per heavy atom. The number of benzene rings is 2. The first-order valence-corrected chi connectivity index (χ1v) is 9.72. The second kappa shape index (κ2) is 9.37. The second-order valence-electron chi connectivity index (χ2n) is 6.43. The van der Waals surface area contributed by atoms with Gasteiger partial charge in [-0.2, -0.15) is 0 Å². The maximum Gasteiger partial charge on any atom is 0.244 e. The Morgan fingerprint density at radius 1 is 1.08 bits per heavy atom. The molecule has 0 aliphatic rings. The van der Waals surface area contributed by atoms with Crippen LogP contribution >= 0.6 is 12.4 Å². The highest BCUT2D eigenvalue weighted by Crippen LogP contribution is 2.25. The van der Waals surface area contributed by atoms with E-state index in [0.717, 1.165) is 11.1 Å². The van der Waals surface area contributed by atoms with Crippen molar-refractivity contribution >= 4 is 22.4 Å². The topological polar surface area (TPSA) is 81.4 Å². The molecule has 0 aliphatic carbocycles. The Morgan fingerprint density at radius 2 is 1.65 bits per heavy atom. The summed E-state index contributed by atoms with van der Waals surface area (Å²) in [5.41, 5.74) is 9.11. The van der Waals surface area contributed by atoms with Crippen molar-refractivity contribution in [3.05, 3.63) is 59.2 Å². The van der Waals surface area contributed by atoms with E-state index in [1.54, 1.807) is 18.2 Å². The summed E-state index contributed by atoms with van der Waals surface area (Å²) in [5.74, 6) is 0.755. The summed E-state index contributed by atoms with van der Waals surface area (Å²) in [7, 11) is -2.26. The van der Waals surface area contributed by atoms with Crippen LogP contribution in [0.25, 0.3) is 0 Å². The third kappa shape index (κ3) is 5.45. The zero-order valence-electron chi connectivity index (χ0n) is 15.5. The third-order valence-corrected chi connectivity index (χ3v) is 5.58. The average Bonchev–Trinajstić information content (AvgIpc) is 2.59. The SMILES string of the molecule is COc1ccc(C)cc1S(=O)(=O)NCC(N)c1ccc(C(C)C)cc1.Cl. The number of ether oxygens (including phenoxy) is 1. The summed E-state index contributed by atoms with van der Waals surface area (Å²) >= 11 is 0. The summed E-state index contributed by atoms with van der Waals surface area (Å²) in [6, 6.07) is 12.6. The molecule has 1 unspecified atom stereocenters. The van der Waals surface area contributed by atoms with Crippen molar-refractivity contribution in [2.24, 2.45) is 5.73 Å². The lowest BCUT2D eigenvalue weighted by atomic mass is 9.99. The molecule has 144 valence electrons. The standard InChI is InChI=1S/C19H26N2O3S.ClH/c1-13(2)15-6-8-16(9-7-15)17(20)12-21-25(22,23)19-11-14(3)5-10-18(19)24-4;/h5-11,13,17,21H,12,20H2,1-4H3;1H. The fourth-order valence-corrected chi connectivity index (χ4v) is 3.83. The van der Waals surface area contributed by atoms with Gasteiger partial charge in [-0.25, -0.2) is 13.1 Å². The molecule has 3 N–H and O–H groups in total. The van der Waals surface area contributed by atoms with Gasteiger partial charge in [-0.05, 0) is 41.7 Å². The van der Waals surface area contributed by atoms with Crippen molar-refractivity contribution in [2.75, 3.05) is 13.7 Å². The van der Waals surface area contributed by atoms with Crippen molar-refractivity contribution in [3.8, 4) is 5.75 Å². The van der Waals surface area contributed by atoms with E-state index in [0.29, 0.717) is 11.7 Å². The number of hydrogen-bond donors (Lipinski definition) is 2. The van der Waals surface area contributed by atoms with E-state index in [4.69, 9.17) is 10.5 Å². The highest BCUT2D eigenvalue weighted by molar-refractivity contribution is 7.89. The molecule has 2 aromatic carbocycles. The van der Waals surface area contributed by atoms with Gasteiger partial charge in [0.1, 0.15) is 10.6 Å². The van der Waals surface area contributed by atoms with E-state index in [1.165, 1.54) is 12.7 Å². The fourth-order valence-electron chi connectivity index (χ4n) is 2.52. The van der Waals surface area contributed by atoms with E-state index < -0.39 is 16.1 Å². The average molecular weight is 399 g/mol. The van der Waals surface area contributed by atoms with Gasteiger partial charge in [-0.15, -0.1) is 12.4 Å². The smallest absolute Gasteiger partial charge is 0.244 e. The number of hydrogen-bond acceptors (Lipinski definition) is 4. The predicted octanol–water partition coefficient (Wildman–Crippen LogP) is 3.53. The Labute approximate surface area is 162 Å². The minimum absolute atomic E-state index is 0. The minimum atomic E-state index is -3.71. The van der Waals surface area contributed by atoms with Crippen molar-refractivity contribution < 1.29 is 13.2 Å². The molecule has 0 saturated carbocycles. The van der Waals surface area contributed by atoms with E-state index in [1.807, 2.05) is 31.2 Å². The lowest BCUT2D eigenvalue weighted by Crippen LogP contribution is -2.32. The predicted molar refractivity (Wildman–Crippen MR) is 108 cm³/mol. The number of methoxy groups -OCH3 is 1. The molecule has 2 aromatic rings. The van der Waals surface area contributed by atoms with Gasteiger partial charge in [0.05, 0.1) is 7.11 Å². The molecule has 0 amide bonds. The van der Waals surface area contributed by atoms with Crippen LogP contribution in [0.5, 0.6) is 5.75 Å². The monoisotopic (exact) mass is 398 g/mol. The van der Waals surface area contributed by atoms with Crippen molar-refractivity contribution in [2.45, 2.75) is 37.6 Å². The number of sulfonamides is 1. The van der Waals surface area contributed by atoms with Gasteiger partial charge in [-0.1, -0.05) is 44.2 Å². The summed E-state index contributed by atoms with van der Waals surface area (Å²) in [6.07, 6.45) is 0. The molecular weight excluding hydrogens is 372 g/mol. The van der Waals surface area contributed by atoms with Crippen LogP contribution in [0, 0.1) is 6.92 Å². The van der Waals surface area contributed by atoms with Gasteiger partial charge >= 0.3 is 0 Å². The first-order chi connectivity index (χ1) is 11.7. The van der Waals surface area contributed by atoms with Crippen LogP contribution in [0.15, 0.2) is 47.4 Å². The van der Waals surface area contributed by atoms with Crippen molar-refractivity contribution in [1.82, 2.24) is 4.72 Å². The Kier molecular flexibility index (Phi) is 8.09. The summed E-state index contributed by atoms with van der Waals surface area (Å²) in [6.45, 7) is 6.19. The van der Waals surface area contributed by atoms with E-state index in [9.17, 15) is 8.42 Å². The number of aryl methyl sites for hydroxylation is 1. The van der Waals surface area contributed by atoms with Gasteiger partial charge in [0.2, 0.25) is 10.0 Å². The third-order valence-electron chi connectivity index (χ3n) is 4.13. The Hall–Kier alpha value is -1.60. The van der Waals surface area contributed by atoms with Crippen LogP contribution in [0.4, 0.5) is 0 Å². The van der Waals surface area contributed by atoms with Gasteiger partial charge in [0.25, 0.3) is 0 Å². The number of rotatable bonds is 7. The van der Waals surface area contributed by atoms with E-state index in [-0.39, 0.29) is 23.8 Å². The molecule has 26 heavy (non-hydrogen) atoms. The molecule has 1 atom stereocenters. The van der Waals surface area contributed by atoms with Crippen LogP contribution in [0.3, 0.4) is 0 Å². The minimum Gasteiger partial charge on any atom is -0.495 e. The molecule has 2 rings (SSSR count). The van der Waals surface area contributed by atoms with Crippen LogP contribution in [-0.4, -0.2) is 22.1 Å². The number of nitrogens with two attached hydrogens (primary N) is 1. The lowest BCUT2D eigenvalue weighted by molar-refractivity contribution is 0.402. The molecular formula is C19H27ClN2O3S. The first-order valence-electron chi connectivity index (χ1n) is 8.24. The quantitative estimate of drug-likeness (QED) is 0.747. The molecule has 0 aromatic heterocycles. The fraction of sp³-hybridized carbons (Fsp3) is 0.368. The number of halogens is 1. The maximum absolute atomic E-state index is 12.6.